The second kappa shape index (κ2) is 9.17. The summed E-state index contributed by atoms with van der Waals surface area (Å²) in [4.78, 5) is 24.9. The summed E-state index contributed by atoms with van der Waals surface area (Å²) in [5.74, 6) is -0.113. The lowest BCUT2D eigenvalue weighted by atomic mass is 10.1. The summed E-state index contributed by atoms with van der Waals surface area (Å²) in [6, 6.07) is 17.5. The molecule has 0 atom stereocenters. The Morgan fingerprint density at radius 1 is 0.903 bits per heavy atom. The van der Waals surface area contributed by atoms with E-state index in [1.807, 2.05) is 0 Å². The van der Waals surface area contributed by atoms with Crippen molar-refractivity contribution in [2.75, 3.05) is 30.5 Å². The summed E-state index contributed by atoms with van der Waals surface area (Å²) in [5, 5.41) is 5.21. The third-order valence-corrected chi connectivity index (χ3v) is 4.44. The molecule has 1 heterocycles. The summed E-state index contributed by atoms with van der Waals surface area (Å²) >= 11 is 0. The molecule has 2 N–H and O–H groups in total. The first-order valence-electron chi connectivity index (χ1n) is 9.57. The molecule has 3 aromatic rings. The smallest absolute Gasteiger partial charge is 0.262 e. The Kier molecular flexibility index (Phi) is 5.98. The maximum absolute atomic E-state index is 13.7. The molecule has 7 nitrogen and oxygen atoms in total. The van der Waals surface area contributed by atoms with Gasteiger partial charge in [0.2, 0.25) is 0 Å². The van der Waals surface area contributed by atoms with Gasteiger partial charge in [0.15, 0.2) is 18.1 Å². The van der Waals surface area contributed by atoms with Gasteiger partial charge in [-0.2, -0.15) is 0 Å². The summed E-state index contributed by atoms with van der Waals surface area (Å²) in [6.45, 7) is 0.534. The van der Waals surface area contributed by atoms with Gasteiger partial charge in [0.25, 0.3) is 11.8 Å². The average Bonchev–Trinajstić information content (AvgIpc) is 2.79. The van der Waals surface area contributed by atoms with Gasteiger partial charge in [-0.3, -0.25) is 9.59 Å². The first-order chi connectivity index (χ1) is 15.1. The lowest BCUT2D eigenvalue weighted by Crippen LogP contribution is -2.22. The number of fused-ring (bicyclic) bond motifs is 1. The third-order valence-electron chi connectivity index (χ3n) is 4.44. The molecule has 158 valence electrons. The predicted molar refractivity (Wildman–Crippen MR) is 112 cm³/mol. The minimum atomic E-state index is -0.549. The van der Waals surface area contributed by atoms with Crippen molar-refractivity contribution in [3.8, 4) is 17.2 Å². The first-order valence-corrected chi connectivity index (χ1v) is 9.57. The molecule has 1 aliphatic rings. The van der Waals surface area contributed by atoms with Crippen molar-refractivity contribution in [1.82, 2.24) is 0 Å². The van der Waals surface area contributed by atoms with E-state index in [0.717, 1.165) is 0 Å². The molecule has 2 amide bonds. The molecule has 0 aliphatic carbocycles. The van der Waals surface area contributed by atoms with Gasteiger partial charge in [0, 0.05) is 11.8 Å². The van der Waals surface area contributed by atoms with Crippen LogP contribution in [0.2, 0.25) is 0 Å². The van der Waals surface area contributed by atoms with Crippen LogP contribution in [0.3, 0.4) is 0 Å². The molecule has 0 aromatic heterocycles. The molecule has 1 aliphatic heterocycles. The molecule has 0 bridgehead atoms. The molecule has 4 rings (SSSR count). The van der Waals surface area contributed by atoms with Crippen molar-refractivity contribution in [3.05, 3.63) is 78.1 Å². The van der Waals surface area contributed by atoms with E-state index < -0.39 is 17.6 Å². The van der Waals surface area contributed by atoms with Gasteiger partial charge in [-0.25, -0.2) is 4.39 Å². The fourth-order valence-corrected chi connectivity index (χ4v) is 2.99. The molecule has 0 fully saturated rings. The SMILES string of the molecule is O=C(COc1ccccc1C(=O)Nc1ccc2c(c1)OCCO2)Nc1ccccc1F. The number of hydrogen-bond acceptors (Lipinski definition) is 5. The van der Waals surface area contributed by atoms with Crippen molar-refractivity contribution < 1.29 is 28.2 Å². The van der Waals surface area contributed by atoms with Gasteiger partial charge in [-0.05, 0) is 36.4 Å². The van der Waals surface area contributed by atoms with E-state index in [9.17, 15) is 14.0 Å². The number of nitrogens with one attached hydrogen (secondary N) is 2. The fraction of sp³-hybridized carbons (Fsp3) is 0.130. The van der Waals surface area contributed by atoms with Crippen LogP contribution in [-0.2, 0) is 4.79 Å². The second-order valence-corrected chi connectivity index (χ2v) is 6.63. The molecule has 0 saturated heterocycles. The molecule has 0 spiro atoms. The number of rotatable bonds is 6. The topological polar surface area (TPSA) is 85.9 Å². The first kappa shape index (κ1) is 20.2. The maximum Gasteiger partial charge on any atom is 0.262 e. The van der Waals surface area contributed by atoms with Crippen LogP contribution in [-0.4, -0.2) is 31.6 Å². The zero-order chi connectivity index (χ0) is 21.6. The number of carbonyl (C=O) groups is 2. The Hall–Kier alpha value is -4.07. The molecule has 8 heteroatoms. The van der Waals surface area contributed by atoms with Crippen LogP contribution in [0.25, 0.3) is 0 Å². The highest BCUT2D eigenvalue weighted by molar-refractivity contribution is 6.06. The second-order valence-electron chi connectivity index (χ2n) is 6.63. The van der Waals surface area contributed by atoms with Crippen molar-refractivity contribution in [2.45, 2.75) is 0 Å². The minimum Gasteiger partial charge on any atom is -0.486 e. The van der Waals surface area contributed by atoms with Crippen molar-refractivity contribution in [2.24, 2.45) is 0 Å². The van der Waals surface area contributed by atoms with Crippen LogP contribution < -0.4 is 24.8 Å². The van der Waals surface area contributed by atoms with Crippen LogP contribution in [0, 0.1) is 5.82 Å². The van der Waals surface area contributed by atoms with E-state index in [1.165, 1.54) is 18.2 Å². The Morgan fingerprint density at radius 2 is 1.65 bits per heavy atom. The Bertz CT molecular complexity index is 1120. The van der Waals surface area contributed by atoms with Gasteiger partial charge in [-0.1, -0.05) is 24.3 Å². The molecule has 3 aromatic carbocycles. The van der Waals surface area contributed by atoms with E-state index in [4.69, 9.17) is 14.2 Å². The number of para-hydroxylation sites is 2. The van der Waals surface area contributed by atoms with Crippen molar-refractivity contribution in [3.63, 3.8) is 0 Å². The highest BCUT2D eigenvalue weighted by atomic mass is 19.1. The molecular formula is C23H19FN2O5. The van der Waals surface area contributed by atoms with Crippen LogP contribution in [0.4, 0.5) is 15.8 Å². The molecule has 0 radical (unpaired) electrons. The van der Waals surface area contributed by atoms with Gasteiger partial charge in [0.05, 0.1) is 11.3 Å². The van der Waals surface area contributed by atoms with E-state index in [-0.39, 0.29) is 23.6 Å². The highest BCUT2D eigenvalue weighted by Crippen LogP contribution is 2.33. The summed E-state index contributed by atoms with van der Waals surface area (Å²) < 4.78 is 30.2. The van der Waals surface area contributed by atoms with Crippen LogP contribution in [0.1, 0.15) is 10.4 Å². The third kappa shape index (κ3) is 4.92. The van der Waals surface area contributed by atoms with E-state index in [0.29, 0.717) is 30.4 Å². The lowest BCUT2D eigenvalue weighted by Gasteiger charge is -2.19. The largest absolute Gasteiger partial charge is 0.486 e. The zero-order valence-corrected chi connectivity index (χ0v) is 16.4. The number of amides is 2. The quantitative estimate of drug-likeness (QED) is 0.630. The van der Waals surface area contributed by atoms with Crippen LogP contribution in [0.15, 0.2) is 66.7 Å². The monoisotopic (exact) mass is 422 g/mol. The van der Waals surface area contributed by atoms with Crippen LogP contribution >= 0.6 is 0 Å². The molecule has 0 saturated carbocycles. The average molecular weight is 422 g/mol. The van der Waals surface area contributed by atoms with Crippen molar-refractivity contribution in [1.29, 1.82) is 0 Å². The minimum absolute atomic E-state index is 0.0562. The Morgan fingerprint density at radius 3 is 2.48 bits per heavy atom. The molecule has 31 heavy (non-hydrogen) atoms. The number of ether oxygens (including phenoxy) is 3. The summed E-state index contributed by atoms with van der Waals surface area (Å²) in [6.07, 6.45) is 0. The number of anilines is 2. The van der Waals surface area contributed by atoms with E-state index in [2.05, 4.69) is 10.6 Å². The predicted octanol–water partition coefficient (Wildman–Crippen LogP) is 3.87. The van der Waals surface area contributed by atoms with Gasteiger partial charge in [-0.15, -0.1) is 0 Å². The standard InChI is InChI=1S/C23H19FN2O5/c24-17-6-2-3-7-18(17)26-22(27)14-31-19-8-4-1-5-16(19)23(28)25-15-9-10-20-21(13-15)30-12-11-29-20/h1-10,13H,11-12,14H2,(H,25,28)(H,26,27). The molecular weight excluding hydrogens is 403 g/mol. The van der Waals surface area contributed by atoms with Crippen molar-refractivity contribution >= 4 is 23.2 Å². The molecule has 0 unspecified atom stereocenters. The lowest BCUT2D eigenvalue weighted by molar-refractivity contribution is -0.118. The summed E-state index contributed by atoms with van der Waals surface area (Å²) in [7, 11) is 0. The van der Waals surface area contributed by atoms with Gasteiger partial charge in [0.1, 0.15) is 24.8 Å². The van der Waals surface area contributed by atoms with E-state index in [1.54, 1.807) is 48.5 Å². The van der Waals surface area contributed by atoms with Gasteiger partial charge >= 0.3 is 0 Å². The maximum atomic E-state index is 13.7. The fourth-order valence-electron chi connectivity index (χ4n) is 2.99. The number of benzene rings is 3. The Balaban J connectivity index is 1.41. The van der Waals surface area contributed by atoms with Gasteiger partial charge < -0.3 is 24.8 Å². The highest BCUT2D eigenvalue weighted by Gasteiger charge is 2.16. The Labute approximate surface area is 177 Å². The van der Waals surface area contributed by atoms with Crippen LogP contribution in [0.5, 0.6) is 17.2 Å². The zero-order valence-electron chi connectivity index (χ0n) is 16.4. The normalized spacial score (nSPS) is 12.0. The number of carbonyl (C=O) groups excluding carboxylic acids is 2. The number of hydrogen-bond donors (Lipinski definition) is 2. The van der Waals surface area contributed by atoms with E-state index >= 15 is 0 Å². The summed E-state index contributed by atoms with van der Waals surface area (Å²) in [5.41, 5.74) is 0.832. The number of halogens is 1.